The van der Waals surface area contributed by atoms with Gasteiger partial charge in [-0.05, 0) is 52.7 Å². The Labute approximate surface area is 117 Å². The summed E-state index contributed by atoms with van der Waals surface area (Å²) < 4.78 is 40.9. The van der Waals surface area contributed by atoms with Gasteiger partial charge in [-0.15, -0.1) is 0 Å². The maximum absolute atomic E-state index is 13.7. The molecule has 5 heteroatoms. The maximum Gasteiger partial charge on any atom is 0.146 e. The molecule has 0 saturated heterocycles. The minimum Gasteiger partial charge on any atom is -0.378 e. The van der Waals surface area contributed by atoms with E-state index in [1.807, 2.05) is 6.92 Å². The fraction of sp³-hybridized carbons (Fsp3) is 0.143. The summed E-state index contributed by atoms with van der Waals surface area (Å²) in [7, 11) is 0. The Kier molecular flexibility index (Phi) is 4.14. The lowest BCUT2D eigenvalue weighted by Gasteiger charge is -2.10. The Bertz CT molecular complexity index is 614. The highest BCUT2D eigenvalue weighted by Gasteiger charge is 2.12. The number of anilines is 1. The normalized spacial score (nSPS) is 10.6. The van der Waals surface area contributed by atoms with Gasteiger partial charge in [-0.1, -0.05) is 6.07 Å². The van der Waals surface area contributed by atoms with Crippen LogP contribution in [0.25, 0.3) is 0 Å². The van der Waals surface area contributed by atoms with Crippen LogP contribution >= 0.6 is 15.9 Å². The molecule has 0 radical (unpaired) electrons. The van der Waals surface area contributed by atoms with Crippen molar-refractivity contribution in [2.45, 2.75) is 13.5 Å². The van der Waals surface area contributed by atoms with Crippen molar-refractivity contribution in [1.29, 1.82) is 0 Å². The zero-order valence-electron chi connectivity index (χ0n) is 10.1. The van der Waals surface area contributed by atoms with Gasteiger partial charge in [0.25, 0.3) is 0 Å². The van der Waals surface area contributed by atoms with Crippen molar-refractivity contribution in [3.63, 3.8) is 0 Å². The molecule has 0 aliphatic rings. The van der Waals surface area contributed by atoms with Crippen LogP contribution in [0.5, 0.6) is 0 Å². The van der Waals surface area contributed by atoms with Crippen LogP contribution in [0.3, 0.4) is 0 Å². The van der Waals surface area contributed by atoms with E-state index in [4.69, 9.17) is 0 Å². The van der Waals surface area contributed by atoms with Crippen molar-refractivity contribution in [2.75, 3.05) is 5.32 Å². The van der Waals surface area contributed by atoms with E-state index >= 15 is 0 Å². The van der Waals surface area contributed by atoms with E-state index in [0.29, 0.717) is 0 Å². The van der Waals surface area contributed by atoms with Gasteiger partial charge in [-0.2, -0.15) is 0 Å². The monoisotopic (exact) mass is 329 g/mol. The molecule has 100 valence electrons. The Balaban J connectivity index is 2.24. The first-order valence-electron chi connectivity index (χ1n) is 5.61. The second kappa shape index (κ2) is 5.65. The molecule has 0 saturated carbocycles. The second-order valence-electron chi connectivity index (χ2n) is 4.16. The maximum atomic E-state index is 13.7. The van der Waals surface area contributed by atoms with Crippen molar-refractivity contribution < 1.29 is 13.2 Å². The first-order valence-corrected chi connectivity index (χ1v) is 6.40. The molecular weight excluding hydrogens is 319 g/mol. The zero-order valence-corrected chi connectivity index (χ0v) is 11.7. The fourth-order valence-corrected chi connectivity index (χ4v) is 2.06. The molecule has 2 rings (SSSR count). The highest BCUT2D eigenvalue weighted by molar-refractivity contribution is 9.10. The van der Waals surface area contributed by atoms with Gasteiger partial charge >= 0.3 is 0 Å². The molecule has 0 atom stereocenters. The van der Waals surface area contributed by atoms with Gasteiger partial charge in [0.05, 0.1) is 10.2 Å². The number of halogens is 4. The molecule has 0 fully saturated rings. The lowest BCUT2D eigenvalue weighted by Crippen LogP contribution is -2.06. The van der Waals surface area contributed by atoms with Crippen LogP contribution < -0.4 is 5.32 Å². The number of nitrogens with one attached hydrogen (secondary N) is 1. The van der Waals surface area contributed by atoms with Crippen LogP contribution in [0.1, 0.15) is 11.1 Å². The molecule has 1 N–H and O–H groups in total. The summed E-state index contributed by atoms with van der Waals surface area (Å²) in [6, 6.07) is 6.98. The van der Waals surface area contributed by atoms with Crippen LogP contribution in [0.4, 0.5) is 18.9 Å². The van der Waals surface area contributed by atoms with Crippen LogP contribution in [0, 0.1) is 24.4 Å². The van der Waals surface area contributed by atoms with Gasteiger partial charge < -0.3 is 5.32 Å². The fourth-order valence-electron chi connectivity index (χ4n) is 1.69. The summed E-state index contributed by atoms with van der Waals surface area (Å²) in [6.45, 7) is 1.68. The number of hydrogen-bond donors (Lipinski definition) is 1. The lowest BCUT2D eigenvalue weighted by atomic mass is 10.1. The molecule has 0 heterocycles. The molecule has 0 spiro atoms. The van der Waals surface area contributed by atoms with Crippen molar-refractivity contribution in [3.8, 4) is 0 Å². The smallest absolute Gasteiger partial charge is 0.146 e. The topological polar surface area (TPSA) is 12.0 Å². The lowest BCUT2D eigenvalue weighted by molar-refractivity contribution is 0.555. The second-order valence-corrected chi connectivity index (χ2v) is 5.01. The highest BCUT2D eigenvalue weighted by atomic mass is 79.9. The minimum absolute atomic E-state index is 0.128. The zero-order chi connectivity index (χ0) is 14.0. The summed E-state index contributed by atoms with van der Waals surface area (Å²) >= 11 is 2.99. The summed E-state index contributed by atoms with van der Waals surface area (Å²) in [5.41, 5.74) is 0.952. The predicted octanol–water partition coefficient (Wildman–Crippen LogP) is 4.79. The number of rotatable bonds is 3. The molecule has 0 aliphatic heterocycles. The Morgan fingerprint density at radius 3 is 2.47 bits per heavy atom. The average Bonchev–Trinajstić information content (AvgIpc) is 2.38. The summed E-state index contributed by atoms with van der Waals surface area (Å²) in [5.74, 6) is -1.80. The molecule has 0 bridgehead atoms. The summed E-state index contributed by atoms with van der Waals surface area (Å²) in [5, 5.41) is 2.70. The first kappa shape index (κ1) is 13.9. The first-order chi connectivity index (χ1) is 8.99. The van der Waals surface area contributed by atoms with Gasteiger partial charge in [0, 0.05) is 12.1 Å². The Hall–Kier alpha value is -1.49. The molecule has 19 heavy (non-hydrogen) atoms. The van der Waals surface area contributed by atoms with Crippen molar-refractivity contribution >= 4 is 21.6 Å². The SMILES string of the molecule is Cc1ccc(F)c(NCc2c(F)ccc(Br)c2F)c1. The molecule has 0 amide bonds. The molecular formula is C14H11BrF3N. The van der Waals surface area contributed by atoms with E-state index in [1.165, 1.54) is 12.1 Å². The Morgan fingerprint density at radius 1 is 1.05 bits per heavy atom. The van der Waals surface area contributed by atoms with E-state index in [1.54, 1.807) is 12.1 Å². The quantitative estimate of drug-likeness (QED) is 0.798. The third kappa shape index (κ3) is 3.10. The minimum atomic E-state index is -0.680. The van der Waals surface area contributed by atoms with E-state index in [-0.39, 0.29) is 22.3 Å². The van der Waals surface area contributed by atoms with Gasteiger partial charge in [0.1, 0.15) is 17.5 Å². The third-order valence-electron chi connectivity index (χ3n) is 2.72. The molecule has 1 nitrogen and oxygen atoms in total. The van der Waals surface area contributed by atoms with Crippen molar-refractivity contribution in [1.82, 2.24) is 0 Å². The number of hydrogen-bond acceptors (Lipinski definition) is 1. The van der Waals surface area contributed by atoms with Crippen LogP contribution in [0.15, 0.2) is 34.8 Å². The van der Waals surface area contributed by atoms with Gasteiger partial charge in [0.2, 0.25) is 0 Å². The average molecular weight is 330 g/mol. The molecule has 2 aromatic carbocycles. The van der Waals surface area contributed by atoms with Crippen LogP contribution in [-0.2, 0) is 6.54 Å². The third-order valence-corrected chi connectivity index (χ3v) is 3.33. The highest BCUT2D eigenvalue weighted by Crippen LogP contribution is 2.23. The Morgan fingerprint density at radius 2 is 1.74 bits per heavy atom. The summed E-state index contributed by atoms with van der Waals surface area (Å²) in [6.07, 6.45) is 0. The van der Waals surface area contributed by atoms with E-state index in [9.17, 15) is 13.2 Å². The molecule has 0 unspecified atom stereocenters. The van der Waals surface area contributed by atoms with Crippen LogP contribution in [-0.4, -0.2) is 0 Å². The van der Waals surface area contributed by atoms with Crippen molar-refractivity contribution in [2.24, 2.45) is 0 Å². The molecule has 0 aliphatic carbocycles. The summed E-state index contributed by atoms with van der Waals surface area (Å²) in [4.78, 5) is 0. The predicted molar refractivity (Wildman–Crippen MR) is 72.5 cm³/mol. The van der Waals surface area contributed by atoms with E-state index in [2.05, 4.69) is 21.2 Å². The van der Waals surface area contributed by atoms with Gasteiger partial charge in [0.15, 0.2) is 0 Å². The largest absolute Gasteiger partial charge is 0.378 e. The molecule has 2 aromatic rings. The number of aryl methyl sites for hydroxylation is 1. The van der Waals surface area contributed by atoms with Crippen LogP contribution in [0.2, 0.25) is 0 Å². The van der Waals surface area contributed by atoms with Gasteiger partial charge in [-0.3, -0.25) is 0 Å². The van der Waals surface area contributed by atoms with E-state index in [0.717, 1.165) is 11.6 Å². The van der Waals surface area contributed by atoms with Crippen molar-refractivity contribution in [3.05, 3.63) is 63.4 Å². The molecule has 0 aromatic heterocycles. The number of benzene rings is 2. The van der Waals surface area contributed by atoms with Gasteiger partial charge in [-0.25, -0.2) is 13.2 Å². The standard InChI is InChI=1S/C14H11BrF3N/c1-8-2-4-12(17)13(6-8)19-7-9-11(16)5-3-10(15)14(9)18/h2-6,19H,7H2,1H3. The van der Waals surface area contributed by atoms with E-state index < -0.39 is 17.5 Å².